The molecule has 0 aliphatic carbocycles. The van der Waals surface area contributed by atoms with Gasteiger partial charge in [0.25, 0.3) is 11.8 Å². The minimum atomic E-state index is -0.283. The number of nitrogen functional groups attached to an aromatic ring is 1. The second kappa shape index (κ2) is 4.88. The van der Waals surface area contributed by atoms with E-state index in [2.05, 4.69) is 4.90 Å². The van der Waals surface area contributed by atoms with Crippen LogP contribution < -0.4 is 5.73 Å². The van der Waals surface area contributed by atoms with Gasteiger partial charge < -0.3 is 15.4 Å². The van der Waals surface area contributed by atoms with E-state index in [0.717, 1.165) is 13.1 Å². The highest BCUT2D eigenvalue weighted by atomic mass is 16.5. The Balaban J connectivity index is 1.79. The third-order valence-corrected chi connectivity index (χ3v) is 3.72. The molecule has 1 saturated heterocycles. The number of carbonyl (C=O) groups excluding carboxylic acids is 2. The molecular formula is C14H17N3O3. The maximum atomic E-state index is 12.3. The summed E-state index contributed by atoms with van der Waals surface area (Å²) >= 11 is 0. The Bertz CT molecular complexity index is 573. The van der Waals surface area contributed by atoms with Crippen molar-refractivity contribution in [1.29, 1.82) is 0 Å². The Kier molecular flexibility index (Phi) is 3.19. The van der Waals surface area contributed by atoms with E-state index in [1.54, 1.807) is 18.2 Å². The number of nitrogens with two attached hydrogens (primary N) is 1. The number of fused-ring (bicyclic) bond motifs is 1. The van der Waals surface area contributed by atoms with Gasteiger partial charge in [0, 0.05) is 18.8 Å². The van der Waals surface area contributed by atoms with E-state index in [9.17, 15) is 9.59 Å². The fourth-order valence-corrected chi connectivity index (χ4v) is 2.66. The van der Waals surface area contributed by atoms with Crippen LogP contribution in [0.15, 0.2) is 18.2 Å². The van der Waals surface area contributed by atoms with E-state index < -0.39 is 0 Å². The largest absolute Gasteiger partial charge is 0.399 e. The summed E-state index contributed by atoms with van der Waals surface area (Å²) in [5.41, 5.74) is 6.97. The first kappa shape index (κ1) is 13.1. The Hall–Kier alpha value is -1.92. The fraction of sp³-hybridized carbons (Fsp3) is 0.429. The van der Waals surface area contributed by atoms with Crippen LogP contribution in [0, 0.1) is 0 Å². The molecule has 6 nitrogen and oxygen atoms in total. The van der Waals surface area contributed by atoms with Crippen LogP contribution >= 0.6 is 0 Å². The standard InChI is InChI=1S/C14H17N3O3/c1-16-4-5-20-10(7-16)8-17-13(18)11-3-2-9(15)6-12(11)14(17)19/h2-3,6,10H,4-5,7-8,15H2,1H3. The maximum absolute atomic E-state index is 12.3. The molecule has 106 valence electrons. The zero-order valence-corrected chi connectivity index (χ0v) is 11.3. The summed E-state index contributed by atoms with van der Waals surface area (Å²) in [6.45, 7) is 2.50. The third-order valence-electron chi connectivity index (χ3n) is 3.72. The highest BCUT2D eigenvalue weighted by molar-refractivity contribution is 6.21. The number of rotatable bonds is 2. The first-order chi connectivity index (χ1) is 9.56. The van der Waals surface area contributed by atoms with Crippen LogP contribution in [0.2, 0.25) is 0 Å². The van der Waals surface area contributed by atoms with Gasteiger partial charge in [0.15, 0.2) is 0 Å². The van der Waals surface area contributed by atoms with Crippen molar-refractivity contribution in [3.05, 3.63) is 29.3 Å². The van der Waals surface area contributed by atoms with Gasteiger partial charge in [-0.15, -0.1) is 0 Å². The highest BCUT2D eigenvalue weighted by Gasteiger charge is 2.37. The monoisotopic (exact) mass is 275 g/mol. The van der Waals surface area contributed by atoms with Crippen molar-refractivity contribution in [3.63, 3.8) is 0 Å². The molecule has 6 heteroatoms. The van der Waals surface area contributed by atoms with Gasteiger partial charge in [0.1, 0.15) is 0 Å². The molecule has 2 aliphatic heterocycles. The van der Waals surface area contributed by atoms with Crippen LogP contribution in [0.25, 0.3) is 0 Å². The van der Waals surface area contributed by atoms with Gasteiger partial charge in [-0.2, -0.15) is 0 Å². The van der Waals surface area contributed by atoms with Crippen molar-refractivity contribution in [1.82, 2.24) is 9.80 Å². The quantitative estimate of drug-likeness (QED) is 0.616. The molecule has 0 spiro atoms. The average molecular weight is 275 g/mol. The van der Waals surface area contributed by atoms with Crippen LogP contribution in [-0.4, -0.2) is 61.0 Å². The van der Waals surface area contributed by atoms with Crippen LogP contribution in [0.4, 0.5) is 5.69 Å². The van der Waals surface area contributed by atoms with Crippen LogP contribution in [-0.2, 0) is 4.74 Å². The maximum Gasteiger partial charge on any atom is 0.261 e. The number of ether oxygens (including phenoxy) is 1. The predicted molar refractivity (Wildman–Crippen MR) is 73.5 cm³/mol. The first-order valence-electron chi connectivity index (χ1n) is 6.62. The van der Waals surface area contributed by atoms with E-state index in [-0.39, 0.29) is 24.5 Å². The van der Waals surface area contributed by atoms with Crippen molar-refractivity contribution in [2.75, 3.05) is 39.0 Å². The smallest absolute Gasteiger partial charge is 0.261 e. The predicted octanol–water partition coefficient (Wildman–Crippen LogP) is 0.195. The lowest BCUT2D eigenvalue weighted by molar-refractivity contribution is -0.0297. The van der Waals surface area contributed by atoms with E-state index in [1.165, 1.54) is 4.90 Å². The molecule has 2 heterocycles. The Labute approximate surface area is 117 Å². The summed E-state index contributed by atoms with van der Waals surface area (Å²) in [7, 11) is 2.00. The molecule has 1 fully saturated rings. The molecule has 0 saturated carbocycles. The second-order valence-corrected chi connectivity index (χ2v) is 5.28. The molecule has 0 aromatic heterocycles. The van der Waals surface area contributed by atoms with Crippen molar-refractivity contribution < 1.29 is 14.3 Å². The van der Waals surface area contributed by atoms with Crippen molar-refractivity contribution in [3.8, 4) is 0 Å². The fourth-order valence-electron chi connectivity index (χ4n) is 2.66. The van der Waals surface area contributed by atoms with Gasteiger partial charge in [-0.3, -0.25) is 14.5 Å². The number of amides is 2. The summed E-state index contributed by atoms with van der Waals surface area (Å²) in [6, 6.07) is 4.81. The van der Waals surface area contributed by atoms with Crippen LogP contribution in [0.3, 0.4) is 0 Å². The molecule has 1 atom stereocenters. The minimum absolute atomic E-state index is 0.131. The molecule has 2 N–H and O–H groups in total. The summed E-state index contributed by atoms with van der Waals surface area (Å²) in [6.07, 6.45) is -0.131. The number of carbonyl (C=O) groups is 2. The van der Waals surface area contributed by atoms with Crippen molar-refractivity contribution in [2.24, 2.45) is 0 Å². The number of anilines is 1. The lowest BCUT2D eigenvalue weighted by Gasteiger charge is -2.31. The van der Waals surface area contributed by atoms with Gasteiger partial charge in [-0.25, -0.2) is 0 Å². The molecule has 2 aliphatic rings. The Morgan fingerprint density at radius 2 is 2.05 bits per heavy atom. The number of likely N-dealkylation sites (N-methyl/N-ethyl adjacent to an activating group) is 1. The summed E-state index contributed by atoms with van der Waals surface area (Å²) < 4.78 is 5.62. The van der Waals surface area contributed by atoms with E-state index in [1.807, 2.05) is 7.05 Å². The first-order valence-corrected chi connectivity index (χ1v) is 6.62. The normalized spacial score (nSPS) is 23.2. The third kappa shape index (κ3) is 2.17. The van der Waals surface area contributed by atoms with E-state index in [4.69, 9.17) is 10.5 Å². The van der Waals surface area contributed by atoms with Gasteiger partial charge in [-0.1, -0.05) is 0 Å². The molecule has 1 unspecified atom stereocenters. The summed E-state index contributed by atoms with van der Waals surface area (Å²) in [5, 5.41) is 0. The van der Waals surface area contributed by atoms with E-state index in [0.29, 0.717) is 23.4 Å². The van der Waals surface area contributed by atoms with Gasteiger partial charge in [0.2, 0.25) is 0 Å². The lowest BCUT2D eigenvalue weighted by atomic mass is 10.1. The number of nitrogens with zero attached hydrogens (tertiary/aromatic N) is 2. The Morgan fingerprint density at radius 1 is 1.30 bits per heavy atom. The van der Waals surface area contributed by atoms with Gasteiger partial charge in [-0.05, 0) is 25.2 Å². The van der Waals surface area contributed by atoms with Crippen LogP contribution in [0.5, 0.6) is 0 Å². The molecule has 0 bridgehead atoms. The number of benzene rings is 1. The van der Waals surface area contributed by atoms with Gasteiger partial charge >= 0.3 is 0 Å². The van der Waals surface area contributed by atoms with Crippen molar-refractivity contribution in [2.45, 2.75) is 6.10 Å². The molecular weight excluding hydrogens is 258 g/mol. The van der Waals surface area contributed by atoms with Crippen molar-refractivity contribution >= 4 is 17.5 Å². The zero-order chi connectivity index (χ0) is 14.3. The Morgan fingerprint density at radius 3 is 2.80 bits per heavy atom. The average Bonchev–Trinajstić information content (AvgIpc) is 2.64. The molecule has 1 aromatic carbocycles. The number of hydrogen-bond acceptors (Lipinski definition) is 5. The molecule has 0 radical (unpaired) electrons. The zero-order valence-electron chi connectivity index (χ0n) is 11.3. The number of hydrogen-bond donors (Lipinski definition) is 1. The summed E-state index contributed by atoms with van der Waals surface area (Å²) in [5.74, 6) is -0.545. The lowest BCUT2D eigenvalue weighted by Crippen LogP contribution is -2.47. The number of imide groups is 1. The SMILES string of the molecule is CN1CCOC(CN2C(=O)c3ccc(N)cc3C2=O)C1. The minimum Gasteiger partial charge on any atom is -0.399 e. The molecule has 2 amide bonds. The van der Waals surface area contributed by atoms with Crippen LogP contribution in [0.1, 0.15) is 20.7 Å². The van der Waals surface area contributed by atoms with E-state index >= 15 is 0 Å². The molecule has 20 heavy (non-hydrogen) atoms. The highest BCUT2D eigenvalue weighted by Crippen LogP contribution is 2.25. The number of morpholine rings is 1. The van der Waals surface area contributed by atoms with Gasteiger partial charge in [0.05, 0.1) is 30.4 Å². The topological polar surface area (TPSA) is 75.9 Å². The molecule has 1 aromatic rings. The second-order valence-electron chi connectivity index (χ2n) is 5.28. The summed E-state index contributed by atoms with van der Waals surface area (Å²) in [4.78, 5) is 28.0. The molecule has 3 rings (SSSR count).